The van der Waals surface area contributed by atoms with Gasteiger partial charge in [-0.05, 0) is 60.3 Å². The molecule has 0 unspecified atom stereocenters. The summed E-state index contributed by atoms with van der Waals surface area (Å²) in [4.78, 5) is 29.3. The van der Waals surface area contributed by atoms with Gasteiger partial charge in [-0.2, -0.15) is 4.31 Å². The Hall–Kier alpha value is -4.11. The number of hydrogen-bond acceptors (Lipinski definition) is 10. The van der Waals surface area contributed by atoms with E-state index < -0.39 is 16.1 Å². The second-order valence-electron chi connectivity index (χ2n) is 10.2. The lowest BCUT2D eigenvalue weighted by molar-refractivity contribution is -0.120. The van der Waals surface area contributed by atoms with Crippen LogP contribution in [0.4, 0.5) is 23.0 Å². The fourth-order valence-corrected chi connectivity index (χ4v) is 6.90. The topological polar surface area (TPSA) is 196 Å². The van der Waals surface area contributed by atoms with E-state index in [4.69, 9.17) is 20.8 Å². The summed E-state index contributed by atoms with van der Waals surface area (Å²) in [6.45, 7) is 2.91. The maximum atomic E-state index is 13.3. The summed E-state index contributed by atoms with van der Waals surface area (Å²) in [5, 5.41) is 10.5. The van der Waals surface area contributed by atoms with E-state index in [-0.39, 0.29) is 30.1 Å². The molecular formula is C25H32N12O4S. The Bertz CT molecular complexity index is 1490. The van der Waals surface area contributed by atoms with Crippen LogP contribution in [-0.4, -0.2) is 100 Å². The third kappa shape index (κ3) is 6.06. The number of benzene rings is 1. The molecule has 222 valence electrons. The van der Waals surface area contributed by atoms with Gasteiger partial charge in [0.15, 0.2) is 5.82 Å². The van der Waals surface area contributed by atoms with Crippen molar-refractivity contribution in [2.24, 2.45) is 10.2 Å². The maximum absolute atomic E-state index is 13.3. The van der Waals surface area contributed by atoms with Gasteiger partial charge in [0.1, 0.15) is 11.9 Å². The quantitative estimate of drug-likeness (QED) is 0.259. The molecule has 16 nitrogen and oxygen atoms in total. The Labute approximate surface area is 243 Å². The highest BCUT2D eigenvalue weighted by Crippen LogP contribution is 2.38. The van der Waals surface area contributed by atoms with Crippen LogP contribution >= 0.6 is 0 Å². The number of azide groups is 2. The standard InChI is InChI=1S/C25H32N12O4S/c1-34-21-6-7-23(31-24(21)37(19-8-14-41-15-9-19)22(25(34)38)16-28-32-26)30-18-2-4-20(5-3-18)42(39,40)36-12-10-35(11-13-36)17-29-33-27/h2-7,19,22H,8-17H2,1H3,(H,30,31)/t22-/m1/s1. The van der Waals surface area contributed by atoms with Crippen molar-refractivity contribution >= 4 is 38.9 Å². The summed E-state index contributed by atoms with van der Waals surface area (Å²) in [5.41, 5.74) is 18.7. The maximum Gasteiger partial charge on any atom is 0.249 e. The number of pyridine rings is 1. The van der Waals surface area contributed by atoms with Gasteiger partial charge in [0.05, 0.1) is 23.8 Å². The van der Waals surface area contributed by atoms with Crippen LogP contribution in [0.3, 0.4) is 0 Å². The average molecular weight is 597 g/mol. The van der Waals surface area contributed by atoms with Crippen molar-refractivity contribution in [3.8, 4) is 0 Å². The van der Waals surface area contributed by atoms with Gasteiger partial charge in [-0.1, -0.05) is 10.2 Å². The highest BCUT2D eigenvalue weighted by Gasteiger charge is 2.41. The Kier molecular flexibility index (Phi) is 8.97. The Balaban J connectivity index is 1.35. The molecule has 1 aromatic heterocycles. The monoisotopic (exact) mass is 596 g/mol. The SMILES string of the molecule is CN1C(=O)[C@@H](CN=[N+]=[N-])N(C2CCOCC2)c2nc(Nc3ccc(S(=O)(=O)N4CCN(CN=[N+]=[N-])CC4)cc3)ccc21. The predicted molar refractivity (Wildman–Crippen MR) is 156 cm³/mol. The molecule has 3 aliphatic rings. The molecule has 4 heterocycles. The smallest absolute Gasteiger partial charge is 0.249 e. The molecule has 2 fully saturated rings. The molecule has 42 heavy (non-hydrogen) atoms. The zero-order valence-electron chi connectivity index (χ0n) is 23.2. The first kappa shape index (κ1) is 29.4. The van der Waals surface area contributed by atoms with Gasteiger partial charge in [0.2, 0.25) is 15.9 Å². The molecule has 1 amide bonds. The van der Waals surface area contributed by atoms with Gasteiger partial charge < -0.3 is 19.9 Å². The van der Waals surface area contributed by atoms with Crippen LogP contribution in [0.2, 0.25) is 0 Å². The van der Waals surface area contributed by atoms with Crippen molar-refractivity contribution < 1.29 is 17.9 Å². The largest absolute Gasteiger partial charge is 0.381 e. The number of hydrogen-bond donors (Lipinski definition) is 1. The summed E-state index contributed by atoms with van der Waals surface area (Å²) >= 11 is 0. The lowest BCUT2D eigenvalue weighted by Crippen LogP contribution is -2.58. The number of piperazine rings is 1. The zero-order valence-corrected chi connectivity index (χ0v) is 24.0. The minimum atomic E-state index is -3.68. The number of nitrogens with one attached hydrogen (secondary N) is 1. The Morgan fingerprint density at radius 3 is 2.38 bits per heavy atom. The summed E-state index contributed by atoms with van der Waals surface area (Å²) in [5.74, 6) is 0.951. The van der Waals surface area contributed by atoms with Crippen LogP contribution in [0.15, 0.2) is 51.5 Å². The van der Waals surface area contributed by atoms with Crippen LogP contribution in [-0.2, 0) is 19.6 Å². The van der Waals surface area contributed by atoms with Crippen LogP contribution in [0.5, 0.6) is 0 Å². The van der Waals surface area contributed by atoms with E-state index in [1.165, 1.54) is 9.21 Å². The third-order valence-corrected chi connectivity index (χ3v) is 9.65. The normalized spacial score (nSPS) is 20.4. The van der Waals surface area contributed by atoms with Crippen molar-refractivity contribution in [3.05, 3.63) is 57.3 Å². The zero-order chi connectivity index (χ0) is 29.7. The van der Waals surface area contributed by atoms with Crippen LogP contribution in [0.25, 0.3) is 20.9 Å². The molecule has 1 N–H and O–H groups in total. The Morgan fingerprint density at radius 2 is 1.71 bits per heavy atom. The van der Waals surface area contributed by atoms with Crippen molar-refractivity contribution in [2.45, 2.75) is 29.8 Å². The van der Waals surface area contributed by atoms with Crippen LogP contribution in [0.1, 0.15) is 12.8 Å². The van der Waals surface area contributed by atoms with E-state index in [9.17, 15) is 13.2 Å². The Morgan fingerprint density at radius 1 is 1.02 bits per heavy atom. The van der Waals surface area contributed by atoms with Crippen molar-refractivity contribution in [1.29, 1.82) is 0 Å². The summed E-state index contributed by atoms with van der Waals surface area (Å²) in [6, 6.07) is 9.36. The number of likely N-dealkylation sites (N-methyl/N-ethyl adjacent to an activating group) is 1. The van der Waals surface area contributed by atoms with Crippen molar-refractivity contribution in [3.63, 3.8) is 0 Å². The lowest BCUT2D eigenvalue weighted by atomic mass is 10.0. The van der Waals surface area contributed by atoms with Crippen LogP contribution in [0, 0.1) is 0 Å². The number of ether oxygens (including phenoxy) is 1. The molecular weight excluding hydrogens is 564 g/mol. The molecule has 2 aromatic rings. The number of aromatic nitrogens is 1. The second kappa shape index (κ2) is 12.8. The highest BCUT2D eigenvalue weighted by molar-refractivity contribution is 7.89. The van der Waals surface area contributed by atoms with E-state index in [1.807, 2.05) is 15.9 Å². The lowest BCUT2D eigenvalue weighted by Gasteiger charge is -2.45. The van der Waals surface area contributed by atoms with E-state index in [1.54, 1.807) is 37.4 Å². The predicted octanol–water partition coefficient (Wildman–Crippen LogP) is 3.04. The minimum absolute atomic E-state index is 0.0118. The number of amides is 1. The van der Waals surface area contributed by atoms with E-state index in [0.29, 0.717) is 75.2 Å². The molecule has 0 saturated carbocycles. The van der Waals surface area contributed by atoms with Gasteiger partial charge >= 0.3 is 0 Å². The number of carbonyl (C=O) groups is 1. The van der Waals surface area contributed by atoms with Gasteiger partial charge in [-0.3, -0.25) is 9.69 Å². The number of anilines is 4. The van der Waals surface area contributed by atoms with Gasteiger partial charge in [-0.25, -0.2) is 13.4 Å². The summed E-state index contributed by atoms with van der Waals surface area (Å²) in [6.07, 6.45) is 1.42. The number of nitrogens with zero attached hydrogens (tertiary/aromatic N) is 11. The molecule has 5 rings (SSSR count). The fraction of sp³-hybridized carbons (Fsp3) is 0.520. The number of carbonyl (C=O) groups excluding carboxylic acids is 1. The fourth-order valence-electron chi connectivity index (χ4n) is 5.48. The molecule has 0 aliphatic carbocycles. The number of sulfonamides is 1. The summed E-state index contributed by atoms with van der Waals surface area (Å²) < 4.78 is 33.4. The molecule has 17 heteroatoms. The van der Waals surface area contributed by atoms with Crippen molar-refractivity contribution in [2.75, 3.05) is 74.8 Å². The van der Waals surface area contributed by atoms with Gasteiger partial charge in [0, 0.05) is 68.0 Å². The molecule has 0 spiro atoms. The second-order valence-corrected chi connectivity index (χ2v) is 12.1. The number of fused-ring (bicyclic) bond motifs is 1. The van der Waals surface area contributed by atoms with Gasteiger partial charge in [0.25, 0.3) is 0 Å². The first-order valence-corrected chi connectivity index (χ1v) is 15.0. The molecule has 3 aliphatic heterocycles. The third-order valence-electron chi connectivity index (χ3n) is 7.74. The van der Waals surface area contributed by atoms with E-state index in [2.05, 4.69) is 25.4 Å². The van der Waals surface area contributed by atoms with Crippen LogP contribution < -0.4 is 15.1 Å². The highest BCUT2D eigenvalue weighted by atomic mass is 32.2. The molecule has 1 atom stereocenters. The first-order valence-electron chi connectivity index (χ1n) is 13.6. The molecule has 0 bridgehead atoms. The molecule has 2 saturated heterocycles. The average Bonchev–Trinajstić information content (AvgIpc) is 3.02. The van der Waals surface area contributed by atoms with E-state index in [0.717, 1.165) is 0 Å². The first-order chi connectivity index (χ1) is 20.3. The number of rotatable bonds is 9. The van der Waals surface area contributed by atoms with Crippen molar-refractivity contribution in [1.82, 2.24) is 14.2 Å². The van der Waals surface area contributed by atoms with Gasteiger partial charge in [-0.15, -0.1) is 0 Å². The van der Waals surface area contributed by atoms with E-state index >= 15 is 0 Å². The molecule has 1 aromatic carbocycles. The summed E-state index contributed by atoms with van der Waals surface area (Å²) in [7, 11) is -2.00. The molecule has 0 radical (unpaired) electrons. The minimum Gasteiger partial charge on any atom is -0.381 e.